The van der Waals surface area contributed by atoms with Gasteiger partial charge in [-0.25, -0.2) is 0 Å². The van der Waals surface area contributed by atoms with E-state index in [1.54, 1.807) is 48.5 Å². The van der Waals surface area contributed by atoms with E-state index in [1.807, 2.05) is 24.3 Å². The summed E-state index contributed by atoms with van der Waals surface area (Å²) in [6.45, 7) is 0. The van der Waals surface area contributed by atoms with Gasteiger partial charge in [-0.2, -0.15) is 0 Å². The molecule has 0 aliphatic rings. The van der Waals surface area contributed by atoms with E-state index >= 15 is 0 Å². The van der Waals surface area contributed by atoms with Gasteiger partial charge in [0, 0.05) is 21.4 Å². The van der Waals surface area contributed by atoms with E-state index in [2.05, 4.69) is 10.6 Å². The first-order valence-electron chi connectivity index (χ1n) is 8.66. The van der Waals surface area contributed by atoms with Crippen LogP contribution in [0.15, 0.2) is 72.8 Å². The molecule has 3 aromatic rings. The smallest absolute Gasteiger partial charge is 0.228 e. The van der Waals surface area contributed by atoms with Crippen LogP contribution in [0.5, 0.6) is 0 Å². The Labute approximate surface area is 173 Å². The van der Waals surface area contributed by atoms with Crippen LogP contribution in [0, 0.1) is 0 Å². The number of hydrogen-bond donors (Lipinski definition) is 2. The van der Waals surface area contributed by atoms with Crippen LogP contribution in [0.3, 0.4) is 0 Å². The van der Waals surface area contributed by atoms with Gasteiger partial charge in [-0.05, 0) is 59.7 Å². The first-order chi connectivity index (χ1) is 13.5. The second-order valence-corrected chi connectivity index (χ2v) is 7.15. The third-order valence-electron chi connectivity index (χ3n) is 4.01. The molecule has 0 bridgehead atoms. The van der Waals surface area contributed by atoms with Crippen molar-refractivity contribution in [3.8, 4) is 0 Å². The molecule has 0 atom stereocenters. The first-order valence-corrected chi connectivity index (χ1v) is 9.42. The molecule has 0 unspecified atom stereocenters. The highest BCUT2D eigenvalue weighted by atomic mass is 35.5. The maximum absolute atomic E-state index is 12.1. The number of carbonyl (C=O) groups excluding carboxylic acids is 2. The normalized spacial score (nSPS) is 10.4. The topological polar surface area (TPSA) is 58.2 Å². The SMILES string of the molecule is O=C(Cc1ccc(Cl)cc1)Nc1ccc(NC(=O)Cc2ccc(Cl)cc2)cc1. The minimum absolute atomic E-state index is 0.123. The molecule has 2 N–H and O–H groups in total. The third kappa shape index (κ3) is 6.12. The molecule has 0 fully saturated rings. The van der Waals surface area contributed by atoms with Gasteiger partial charge in [-0.1, -0.05) is 47.5 Å². The molecule has 3 rings (SSSR count). The van der Waals surface area contributed by atoms with E-state index in [0.717, 1.165) is 11.1 Å². The van der Waals surface area contributed by atoms with E-state index < -0.39 is 0 Å². The summed E-state index contributed by atoms with van der Waals surface area (Å²) in [5.74, 6) is -0.247. The lowest BCUT2D eigenvalue weighted by molar-refractivity contribution is -0.116. The van der Waals surface area contributed by atoms with E-state index in [1.165, 1.54) is 0 Å². The van der Waals surface area contributed by atoms with Crippen LogP contribution in [0.4, 0.5) is 11.4 Å². The summed E-state index contributed by atoms with van der Waals surface area (Å²) in [6, 6.07) is 21.3. The zero-order valence-corrected chi connectivity index (χ0v) is 16.4. The summed E-state index contributed by atoms with van der Waals surface area (Å²) < 4.78 is 0. The Morgan fingerprint density at radius 3 is 1.21 bits per heavy atom. The van der Waals surface area contributed by atoms with Gasteiger partial charge in [-0.15, -0.1) is 0 Å². The lowest BCUT2D eigenvalue weighted by Crippen LogP contribution is -2.15. The Morgan fingerprint density at radius 1 is 0.571 bits per heavy atom. The van der Waals surface area contributed by atoms with E-state index in [4.69, 9.17) is 23.2 Å². The number of benzene rings is 3. The van der Waals surface area contributed by atoms with Crippen molar-refractivity contribution in [3.63, 3.8) is 0 Å². The quantitative estimate of drug-likeness (QED) is 0.572. The highest BCUT2D eigenvalue weighted by Gasteiger charge is 2.07. The van der Waals surface area contributed by atoms with Gasteiger partial charge < -0.3 is 10.6 Å². The molecule has 4 nitrogen and oxygen atoms in total. The van der Waals surface area contributed by atoms with Gasteiger partial charge in [0.15, 0.2) is 0 Å². The molecule has 2 amide bonds. The fourth-order valence-electron chi connectivity index (χ4n) is 2.62. The van der Waals surface area contributed by atoms with Crippen LogP contribution in [0.1, 0.15) is 11.1 Å². The fraction of sp³-hybridized carbons (Fsp3) is 0.0909. The molecule has 3 aromatic carbocycles. The molecule has 0 heterocycles. The van der Waals surface area contributed by atoms with E-state index in [0.29, 0.717) is 21.4 Å². The summed E-state index contributed by atoms with van der Waals surface area (Å²) in [5.41, 5.74) is 3.09. The molecular weight excluding hydrogens is 395 g/mol. The Bertz CT molecular complexity index is 873. The standard InChI is InChI=1S/C22H18Cl2N2O2/c23-17-5-1-15(2-6-17)13-21(27)25-19-9-11-20(12-10-19)26-22(28)14-16-3-7-18(24)8-4-16/h1-12H,13-14H2,(H,25,27)(H,26,28). The maximum Gasteiger partial charge on any atom is 0.228 e. The van der Waals surface area contributed by atoms with Gasteiger partial charge >= 0.3 is 0 Å². The molecule has 0 aromatic heterocycles. The van der Waals surface area contributed by atoms with Crippen molar-refractivity contribution in [2.45, 2.75) is 12.8 Å². The molecule has 0 radical (unpaired) electrons. The van der Waals surface area contributed by atoms with Crippen LogP contribution < -0.4 is 10.6 Å². The minimum atomic E-state index is -0.123. The van der Waals surface area contributed by atoms with Crippen molar-refractivity contribution in [2.75, 3.05) is 10.6 Å². The molecular formula is C22H18Cl2N2O2. The predicted molar refractivity (Wildman–Crippen MR) is 114 cm³/mol. The number of nitrogens with one attached hydrogen (secondary N) is 2. The Balaban J connectivity index is 1.51. The lowest BCUT2D eigenvalue weighted by atomic mass is 10.1. The van der Waals surface area contributed by atoms with Crippen LogP contribution >= 0.6 is 23.2 Å². The number of amides is 2. The van der Waals surface area contributed by atoms with Crippen molar-refractivity contribution in [2.24, 2.45) is 0 Å². The molecule has 0 aliphatic heterocycles. The highest BCUT2D eigenvalue weighted by Crippen LogP contribution is 2.16. The average molecular weight is 413 g/mol. The third-order valence-corrected chi connectivity index (χ3v) is 4.51. The Morgan fingerprint density at radius 2 is 0.893 bits per heavy atom. The van der Waals surface area contributed by atoms with Crippen LogP contribution in [0.25, 0.3) is 0 Å². The average Bonchev–Trinajstić information content (AvgIpc) is 2.67. The number of hydrogen-bond acceptors (Lipinski definition) is 2. The largest absolute Gasteiger partial charge is 0.326 e. The van der Waals surface area contributed by atoms with Gasteiger partial charge in [0.1, 0.15) is 0 Å². The Kier molecular flexibility index (Phi) is 6.69. The van der Waals surface area contributed by atoms with Crippen molar-refractivity contribution in [1.29, 1.82) is 0 Å². The molecule has 0 saturated carbocycles. The summed E-state index contributed by atoms with van der Waals surface area (Å²) in [5, 5.41) is 6.94. The molecule has 0 spiro atoms. The van der Waals surface area contributed by atoms with Gasteiger partial charge in [-0.3, -0.25) is 9.59 Å². The minimum Gasteiger partial charge on any atom is -0.326 e. The zero-order valence-electron chi connectivity index (χ0n) is 14.9. The summed E-state index contributed by atoms with van der Waals surface area (Å²) in [4.78, 5) is 24.3. The molecule has 28 heavy (non-hydrogen) atoms. The van der Waals surface area contributed by atoms with Gasteiger partial charge in [0.2, 0.25) is 11.8 Å². The molecule has 142 valence electrons. The van der Waals surface area contributed by atoms with E-state index in [9.17, 15) is 9.59 Å². The lowest BCUT2D eigenvalue weighted by Gasteiger charge is -2.08. The predicted octanol–water partition coefficient (Wildman–Crippen LogP) is 5.36. The number of rotatable bonds is 6. The molecule has 6 heteroatoms. The van der Waals surface area contributed by atoms with Crippen LogP contribution in [-0.4, -0.2) is 11.8 Å². The van der Waals surface area contributed by atoms with Crippen molar-refractivity contribution >= 4 is 46.4 Å². The summed E-state index contributed by atoms with van der Waals surface area (Å²) >= 11 is 11.7. The fourth-order valence-corrected chi connectivity index (χ4v) is 2.87. The van der Waals surface area contributed by atoms with Crippen molar-refractivity contribution < 1.29 is 9.59 Å². The number of carbonyl (C=O) groups is 2. The number of halogens is 2. The van der Waals surface area contributed by atoms with Gasteiger partial charge in [0.25, 0.3) is 0 Å². The second-order valence-electron chi connectivity index (χ2n) is 6.28. The van der Waals surface area contributed by atoms with E-state index in [-0.39, 0.29) is 24.7 Å². The summed E-state index contributed by atoms with van der Waals surface area (Å²) in [6.07, 6.45) is 0.521. The second kappa shape index (κ2) is 9.40. The molecule has 0 saturated heterocycles. The van der Waals surface area contributed by atoms with Crippen LogP contribution in [0.2, 0.25) is 10.0 Å². The van der Waals surface area contributed by atoms with Crippen molar-refractivity contribution in [1.82, 2.24) is 0 Å². The Hall–Kier alpha value is -2.82. The van der Waals surface area contributed by atoms with Crippen LogP contribution in [-0.2, 0) is 22.4 Å². The van der Waals surface area contributed by atoms with Gasteiger partial charge in [0.05, 0.1) is 12.8 Å². The zero-order chi connectivity index (χ0) is 19.9. The highest BCUT2D eigenvalue weighted by molar-refractivity contribution is 6.30. The monoisotopic (exact) mass is 412 g/mol. The molecule has 0 aliphatic carbocycles. The maximum atomic E-state index is 12.1. The first kappa shape index (κ1) is 19.9. The van der Waals surface area contributed by atoms with Crippen molar-refractivity contribution in [3.05, 3.63) is 94.0 Å². The number of anilines is 2. The summed E-state index contributed by atoms with van der Waals surface area (Å²) in [7, 11) is 0.